The van der Waals surface area contributed by atoms with Crippen LogP contribution in [0.4, 0.5) is 0 Å². The first-order valence-electron chi connectivity index (χ1n) is 10.3. The largest absolute Gasteiger partial charge is 0.427 e. The Morgan fingerprint density at radius 1 is 1.18 bits per heavy atom. The molecule has 0 amide bonds. The smallest absolute Gasteiger partial charge is 0.308 e. The van der Waals surface area contributed by atoms with Crippen LogP contribution in [0.25, 0.3) is 0 Å². The molecule has 4 rings (SSSR count). The SMILES string of the molecule is CC(=O)Oc1cccc(C23CCCC2CN(Cc2cccc(Cl)c2)CCC3)c1. The number of hydrogen-bond donors (Lipinski definition) is 0. The minimum Gasteiger partial charge on any atom is -0.427 e. The van der Waals surface area contributed by atoms with Crippen molar-refractivity contribution in [3.05, 3.63) is 64.7 Å². The molecule has 1 saturated heterocycles. The molecule has 2 unspecified atom stereocenters. The molecule has 0 radical (unpaired) electrons. The first-order chi connectivity index (χ1) is 13.5. The van der Waals surface area contributed by atoms with E-state index in [0.29, 0.717) is 11.7 Å². The van der Waals surface area contributed by atoms with Crippen LogP contribution in [0.3, 0.4) is 0 Å². The molecule has 2 atom stereocenters. The molecule has 2 aromatic carbocycles. The van der Waals surface area contributed by atoms with Gasteiger partial charge in [-0.1, -0.05) is 42.3 Å². The fraction of sp³-hybridized carbons (Fsp3) is 0.458. The maximum absolute atomic E-state index is 11.4. The van der Waals surface area contributed by atoms with Crippen LogP contribution in [0.5, 0.6) is 5.75 Å². The zero-order valence-electron chi connectivity index (χ0n) is 16.5. The van der Waals surface area contributed by atoms with E-state index in [1.54, 1.807) is 0 Å². The van der Waals surface area contributed by atoms with Crippen LogP contribution in [-0.2, 0) is 16.8 Å². The van der Waals surface area contributed by atoms with E-state index < -0.39 is 0 Å². The molecular formula is C24H28ClNO2. The van der Waals surface area contributed by atoms with E-state index in [0.717, 1.165) is 24.7 Å². The number of likely N-dealkylation sites (tertiary alicyclic amines) is 1. The standard InChI is InChI=1S/C24H28ClNO2/c1-18(27)28-23-10-3-7-20(15-23)24-11-4-8-21(24)17-26(13-5-12-24)16-19-6-2-9-22(25)14-19/h2-3,6-7,9-10,14-15,21H,4-5,8,11-13,16-17H2,1H3. The third kappa shape index (κ3) is 4.11. The van der Waals surface area contributed by atoms with Crippen molar-refractivity contribution in [1.82, 2.24) is 4.90 Å². The number of esters is 1. The van der Waals surface area contributed by atoms with Gasteiger partial charge in [-0.15, -0.1) is 0 Å². The summed E-state index contributed by atoms with van der Waals surface area (Å²) in [4.78, 5) is 14.0. The van der Waals surface area contributed by atoms with E-state index in [1.807, 2.05) is 24.3 Å². The van der Waals surface area contributed by atoms with E-state index in [9.17, 15) is 4.79 Å². The van der Waals surface area contributed by atoms with Gasteiger partial charge < -0.3 is 4.74 Å². The topological polar surface area (TPSA) is 29.5 Å². The van der Waals surface area contributed by atoms with Crippen molar-refractivity contribution in [1.29, 1.82) is 0 Å². The molecule has 2 fully saturated rings. The summed E-state index contributed by atoms with van der Waals surface area (Å²) in [6, 6.07) is 16.5. The molecule has 2 aliphatic rings. The molecule has 0 spiro atoms. The summed E-state index contributed by atoms with van der Waals surface area (Å²) in [6.45, 7) is 4.65. The number of benzene rings is 2. The lowest BCUT2D eigenvalue weighted by atomic mass is 9.69. The number of fused-ring (bicyclic) bond motifs is 1. The molecule has 1 aliphatic heterocycles. The van der Waals surface area contributed by atoms with Crippen LogP contribution in [0, 0.1) is 5.92 Å². The zero-order chi connectivity index (χ0) is 19.6. The summed E-state index contributed by atoms with van der Waals surface area (Å²) in [6.07, 6.45) is 6.16. The Balaban J connectivity index is 1.56. The highest BCUT2D eigenvalue weighted by Crippen LogP contribution is 2.51. The zero-order valence-corrected chi connectivity index (χ0v) is 17.3. The fourth-order valence-electron chi connectivity index (χ4n) is 5.36. The Labute approximate surface area is 172 Å². The molecule has 3 nitrogen and oxygen atoms in total. The second-order valence-electron chi connectivity index (χ2n) is 8.34. The number of ether oxygens (including phenoxy) is 1. The van der Waals surface area contributed by atoms with Gasteiger partial charge in [-0.3, -0.25) is 9.69 Å². The van der Waals surface area contributed by atoms with Crippen LogP contribution >= 0.6 is 11.6 Å². The average molecular weight is 398 g/mol. The van der Waals surface area contributed by atoms with Gasteiger partial charge >= 0.3 is 5.97 Å². The van der Waals surface area contributed by atoms with Gasteiger partial charge in [0.15, 0.2) is 0 Å². The number of rotatable bonds is 4. The molecule has 1 aliphatic carbocycles. The minimum atomic E-state index is -0.258. The molecule has 0 aromatic heterocycles. The first-order valence-corrected chi connectivity index (χ1v) is 10.7. The summed E-state index contributed by atoms with van der Waals surface area (Å²) < 4.78 is 5.37. The average Bonchev–Trinajstić information content (AvgIpc) is 2.97. The fourth-order valence-corrected chi connectivity index (χ4v) is 5.57. The Kier molecular flexibility index (Phi) is 5.75. The predicted molar refractivity (Wildman–Crippen MR) is 113 cm³/mol. The molecule has 4 heteroatoms. The van der Waals surface area contributed by atoms with Gasteiger partial charge in [0.2, 0.25) is 0 Å². The second kappa shape index (κ2) is 8.26. The summed E-state index contributed by atoms with van der Waals surface area (Å²) >= 11 is 6.18. The van der Waals surface area contributed by atoms with E-state index in [4.69, 9.17) is 16.3 Å². The number of carbonyl (C=O) groups excluding carboxylic acids is 1. The highest BCUT2D eigenvalue weighted by Gasteiger charge is 2.45. The van der Waals surface area contributed by atoms with Crippen molar-refractivity contribution in [3.63, 3.8) is 0 Å². The van der Waals surface area contributed by atoms with Crippen molar-refractivity contribution in [2.45, 2.75) is 51.0 Å². The predicted octanol–water partition coefficient (Wildman–Crippen LogP) is 5.60. The molecule has 148 valence electrons. The summed E-state index contributed by atoms with van der Waals surface area (Å²) in [5, 5.41) is 0.810. The molecule has 28 heavy (non-hydrogen) atoms. The van der Waals surface area contributed by atoms with Gasteiger partial charge in [-0.25, -0.2) is 0 Å². The van der Waals surface area contributed by atoms with Crippen LogP contribution in [0.15, 0.2) is 48.5 Å². The van der Waals surface area contributed by atoms with Gasteiger partial charge in [0.25, 0.3) is 0 Å². The van der Waals surface area contributed by atoms with Crippen molar-refractivity contribution < 1.29 is 9.53 Å². The summed E-state index contributed by atoms with van der Waals surface area (Å²) in [7, 11) is 0. The normalized spacial score (nSPS) is 25.1. The number of hydrogen-bond acceptors (Lipinski definition) is 3. The Morgan fingerprint density at radius 2 is 2.00 bits per heavy atom. The molecule has 2 aromatic rings. The molecule has 0 N–H and O–H groups in total. The quantitative estimate of drug-likeness (QED) is 0.496. The molecule has 1 heterocycles. The van der Waals surface area contributed by atoms with Crippen LogP contribution < -0.4 is 4.74 Å². The Bertz CT molecular complexity index is 852. The third-order valence-corrected chi connectivity index (χ3v) is 6.73. The third-order valence-electron chi connectivity index (χ3n) is 6.50. The maximum atomic E-state index is 11.4. The molecular weight excluding hydrogens is 370 g/mol. The van der Waals surface area contributed by atoms with Crippen LogP contribution in [0.1, 0.15) is 50.2 Å². The van der Waals surface area contributed by atoms with E-state index in [2.05, 4.69) is 29.2 Å². The molecule has 0 bridgehead atoms. The highest BCUT2D eigenvalue weighted by atomic mass is 35.5. The first kappa shape index (κ1) is 19.5. The van der Waals surface area contributed by atoms with Crippen LogP contribution in [0.2, 0.25) is 5.02 Å². The lowest BCUT2D eigenvalue weighted by Crippen LogP contribution is -2.35. The number of nitrogens with zero attached hydrogens (tertiary/aromatic N) is 1. The summed E-state index contributed by atoms with van der Waals surface area (Å²) in [5.41, 5.74) is 2.84. The Morgan fingerprint density at radius 3 is 2.82 bits per heavy atom. The van der Waals surface area contributed by atoms with Crippen molar-refractivity contribution in [3.8, 4) is 5.75 Å². The highest BCUT2D eigenvalue weighted by molar-refractivity contribution is 6.30. The van der Waals surface area contributed by atoms with Crippen LogP contribution in [-0.4, -0.2) is 24.0 Å². The maximum Gasteiger partial charge on any atom is 0.308 e. The van der Waals surface area contributed by atoms with Crippen molar-refractivity contribution >= 4 is 17.6 Å². The van der Waals surface area contributed by atoms with Crippen molar-refractivity contribution in [2.75, 3.05) is 13.1 Å². The monoisotopic (exact) mass is 397 g/mol. The number of halogens is 1. The van der Waals surface area contributed by atoms with Gasteiger partial charge in [0, 0.05) is 25.0 Å². The van der Waals surface area contributed by atoms with E-state index in [1.165, 1.54) is 50.2 Å². The second-order valence-corrected chi connectivity index (χ2v) is 8.77. The number of carbonyl (C=O) groups is 1. The van der Waals surface area contributed by atoms with Gasteiger partial charge in [-0.2, -0.15) is 0 Å². The Hall–Kier alpha value is -1.84. The molecule has 1 saturated carbocycles. The van der Waals surface area contributed by atoms with E-state index in [-0.39, 0.29) is 11.4 Å². The van der Waals surface area contributed by atoms with Gasteiger partial charge in [0.05, 0.1) is 0 Å². The van der Waals surface area contributed by atoms with E-state index >= 15 is 0 Å². The lowest BCUT2D eigenvalue weighted by molar-refractivity contribution is -0.131. The van der Waals surface area contributed by atoms with Gasteiger partial charge in [-0.05, 0) is 79.0 Å². The minimum absolute atomic E-state index is 0.208. The van der Waals surface area contributed by atoms with Gasteiger partial charge in [0.1, 0.15) is 5.75 Å². The van der Waals surface area contributed by atoms with Crippen molar-refractivity contribution in [2.24, 2.45) is 5.92 Å². The summed E-state index contributed by atoms with van der Waals surface area (Å²) in [5.74, 6) is 1.05. The lowest BCUT2D eigenvalue weighted by Gasteiger charge is -2.36.